The highest BCUT2D eigenvalue weighted by Gasteiger charge is 2.16. The van der Waals surface area contributed by atoms with Gasteiger partial charge in [-0.25, -0.2) is 15.0 Å². The molecule has 7 aromatic rings. The van der Waals surface area contributed by atoms with Crippen LogP contribution in [0.4, 0.5) is 0 Å². The molecule has 0 saturated carbocycles. The second kappa shape index (κ2) is 12.5. The zero-order chi connectivity index (χ0) is 35.0. The SMILES string of the molecule is [2H]c1c([2H])c(-c2ccc(-c3ccc([Si](C)(C)C)cc3)cc2)c([2H])c(-c2cccc(-c3nc(-c4ccccc4)nc(-c4ccccc4)n3)c2)c1[2H]. The summed E-state index contributed by atoms with van der Waals surface area (Å²) >= 11 is 0. The van der Waals surface area contributed by atoms with E-state index in [1.165, 1.54) is 5.19 Å². The van der Waals surface area contributed by atoms with Crippen molar-refractivity contribution in [3.63, 3.8) is 0 Å². The van der Waals surface area contributed by atoms with Gasteiger partial charge in [0.1, 0.15) is 0 Å². The fourth-order valence-electron chi connectivity index (χ4n) is 5.38. The first-order chi connectivity index (χ1) is 24.1. The average Bonchev–Trinajstić information content (AvgIpc) is 3.15. The molecule has 46 heavy (non-hydrogen) atoms. The topological polar surface area (TPSA) is 38.7 Å². The van der Waals surface area contributed by atoms with E-state index in [9.17, 15) is 1.37 Å². The summed E-state index contributed by atoms with van der Waals surface area (Å²) in [6.45, 7) is 6.99. The van der Waals surface area contributed by atoms with Crippen molar-refractivity contribution >= 4 is 13.3 Å². The van der Waals surface area contributed by atoms with Crippen LogP contribution in [-0.4, -0.2) is 23.0 Å². The van der Waals surface area contributed by atoms with E-state index in [0.29, 0.717) is 39.7 Å². The third-order valence-corrected chi connectivity index (χ3v) is 10.1. The van der Waals surface area contributed by atoms with Crippen molar-refractivity contribution in [1.82, 2.24) is 15.0 Å². The van der Waals surface area contributed by atoms with Crippen LogP contribution in [0.15, 0.2) is 158 Å². The van der Waals surface area contributed by atoms with Crippen molar-refractivity contribution in [2.45, 2.75) is 19.6 Å². The Labute approximate surface area is 278 Å². The van der Waals surface area contributed by atoms with Gasteiger partial charge in [0.2, 0.25) is 0 Å². The van der Waals surface area contributed by atoms with Crippen molar-refractivity contribution in [2.24, 2.45) is 0 Å². The van der Waals surface area contributed by atoms with Gasteiger partial charge in [-0.3, -0.25) is 0 Å². The molecule has 3 nitrogen and oxygen atoms in total. The van der Waals surface area contributed by atoms with E-state index < -0.39 is 8.07 Å². The molecular weight excluding hydrogens is 575 g/mol. The highest BCUT2D eigenvalue weighted by molar-refractivity contribution is 6.88. The molecule has 0 amide bonds. The summed E-state index contributed by atoms with van der Waals surface area (Å²) in [4.78, 5) is 14.5. The lowest BCUT2D eigenvalue weighted by atomic mass is 9.96. The van der Waals surface area contributed by atoms with Gasteiger partial charge in [-0.05, 0) is 45.5 Å². The molecular formula is C42H35N3Si. The highest BCUT2D eigenvalue weighted by Crippen LogP contribution is 2.31. The molecule has 1 aromatic heterocycles. The third kappa shape index (κ3) is 6.34. The smallest absolute Gasteiger partial charge is 0.164 e. The summed E-state index contributed by atoms with van der Waals surface area (Å²) in [6.07, 6.45) is 0. The Morgan fingerprint density at radius 2 is 0.826 bits per heavy atom. The first-order valence-electron chi connectivity index (χ1n) is 17.4. The Bertz CT molecular complexity index is 2270. The van der Waals surface area contributed by atoms with Crippen molar-refractivity contribution in [2.75, 3.05) is 0 Å². The lowest BCUT2D eigenvalue weighted by Gasteiger charge is -2.16. The summed E-state index contributed by atoms with van der Waals surface area (Å²) in [5.41, 5.74) is 6.38. The maximum Gasteiger partial charge on any atom is 0.164 e. The summed E-state index contributed by atoms with van der Waals surface area (Å²) in [5.74, 6) is 1.52. The number of benzene rings is 6. The lowest BCUT2D eigenvalue weighted by molar-refractivity contribution is 1.07. The molecule has 4 heteroatoms. The fourth-order valence-corrected chi connectivity index (χ4v) is 6.54. The second-order valence-electron chi connectivity index (χ2n) is 12.3. The zero-order valence-electron chi connectivity index (χ0n) is 30.0. The average molecular weight is 614 g/mol. The monoisotopic (exact) mass is 613 g/mol. The zero-order valence-corrected chi connectivity index (χ0v) is 27.0. The van der Waals surface area contributed by atoms with Gasteiger partial charge in [-0.15, -0.1) is 0 Å². The predicted molar refractivity (Wildman–Crippen MR) is 195 cm³/mol. The van der Waals surface area contributed by atoms with Crippen LogP contribution in [0.3, 0.4) is 0 Å². The van der Waals surface area contributed by atoms with Gasteiger partial charge < -0.3 is 0 Å². The quantitative estimate of drug-likeness (QED) is 0.168. The predicted octanol–water partition coefficient (Wildman–Crippen LogP) is 10.4. The minimum Gasteiger partial charge on any atom is -0.208 e. The van der Waals surface area contributed by atoms with Crippen LogP contribution in [0.2, 0.25) is 19.6 Å². The Balaban J connectivity index is 1.30. The van der Waals surface area contributed by atoms with Crippen LogP contribution in [0.5, 0.6) is 0 Å². The van der Waals surface area contributed by atoms with Crippen molar-refractivity contribution in [3.05, 3.63) is 158 Å². The van der Waals surface area contributed by atoms with Gasteiger partial charge in [-0.1, -0.05) is 170 Å². The van der Waals surface area contributed by atoms with E-state index in [-0.39, 0.29) is 29.7 Å². The van der Waals surface area contributed by atoms with E-state index >= 15 is 0 Å². The van der Waals surface area contributed by atoms with Crippen LogP contribution in [0, 0.1) is 0 Å². The van der Waals surface area contributed by atoms with Gasteiger partial charge >= 0.3 is 0 Å². The number of hydrogen-bond acceptors (Lipinski definition) is 3. The molecule has 6 aromatic carbocycles. The van der Waals surface area contributed by atoms with E-state index in [1.54, 1.807) is 0 Å². The minimum atomic E-state index is -1.41. The van der Waals surface area contributed by atoms with Gasteiger partial charge in [0.25, 0.3) is 0 Å². The Kier molecular flexibility index (Phi) is 6.75. The van der Waals surface area contributed by atoms with E-state index in [4.69, 9.17) is 19.1 Å². The first-order valence-corrected chi connectivity index (χ1v) is 18.9. The van der Waals surface area contributed by atoms with Crippen LogP contribution < -0.4 is 5.19 Å². The molecule has 0 aliphatic rings. The second-order valence-corrected chi connectivity index (χ2v) is 17.4. The van der Waals surface area contributed by atoms with Crippen LogP contribution in [-0.2, 0) is 0 Å². The number of hydrogen-bond donors (Lipinski definition) is 0. The molecule has 0 radical (unpaired) electrons. The minimum absolute atomic E-state index is 0.0333. The maximum absolute atomic E-state index is 9.31. The fraction of sp³-hybridized carbons (Fsp3) is 0.0714. The molecule has 0 aliphatic heterocycles. The van der Waals surface area contributed by atoms with Gasteiger partial charge in [0.15, 0.2) is 17.5 Å². The molecule has 0 saturated heterocycles. The van der Waals surface area contributed by atoms with Crippen LogP contribution in [0.25, 0.3) is 67.5 Å². The lowest BCUT2D eigenvalue weighted by Crippen LogP contribution is -2.37. The van der Waals surface area contributed by atoms with E-state index in [0.717, 1.165) is 22.3 Å². The summed E-state index contributed by atoms with van der Waals surface area (Å²) in [6, 6.07) is 42.9. The molecule has 0 N–H and O–H groups in total. The standard InChI is InChI=1S/C42H35N3Si/c1-46(2,3)39-26-24-31(25-27-39)30-20-22-32(23-21-30)35-16-10-17-36(28-35)37-18-11-19-38(29-37)42-44-40(33-12-6-4-7-13-33)43-41(45-42)34-14-8-5-9-15-34/h4-29H,1-3H3/i10D,16D,17D,28D. The Morgan fingerprint density at radius 3 is 1.35 bits per heavy atom. The number of nitrogens with zero attached hydrogens (tertiary/aromatic N) is 3. The molecule has 0 aliphatic carbocycles. The Hall–Kier alpha value is -5.45. The van der Waals surface area contributed by atoms with Crippen LogP contribution in [0.1, 0.15) is 5.48 Å². The summed E-state index contributed by atoms with van der Waals surface area (Å²) < 4.78 is 35.7. The number of rotatable bonds is 7. The summed E-state index contributed by atoms with van der Waals surface area (Å²) in [5, 5.41) is 1.40. The molecule has 1 heterocycles. The van der Waals surface area contributed by atoms with Crippen molar-refractivity contribution in [1.29, 1.82) is 0 Å². The molecule has 0 fully saturated rings. The third-order valence-electron chi connectivity index (χ3n) is 7.99. The Morgan fingerprint density at radius 1 is 0.413 bits per heavy atom. The molecule has 0 unspecified atom stereocenters. The van der Waals surface area contributed by atoms with E-state index in [1.807, 2.05) is 109 Å². The van der Waals surface area contributed by atoms with Gasteiger partial charge in [-0.2, -0.15) is 0 Å². The number of aromatic nitrogens is 3. The molecule has 7 rings (SSSR count). The summed E-state index contributed by atoms with van der Waals surface area (Å²) in [7, 11) is -1.41. The van der Waals surface area contributed by atoms with E-state index in [2.05, 4.69) is 43.9 Å². The maximum atomic E-state index is 9.31. The largest absolute Gasteiger partial charge is 0.208 e. The van der Waals surface area contributed by atoms with Crippen molar-refractivity contribution < 1.29 is 5.48 Å². The molecule has 222 valence electrons. The normalized spacial score (nSPS) is 12.6. The highest BCUT2D eigenvalue weighted by atomic mass is 28.3. The van der Waals surface area contributed by atoms with Gasteiger partial charge in [0.05, 0.1) is 13.6 Å². The van der Waals surface area contributed by atoms with Crippen LogP contribution >= 0.6 is 0 Å². The van der Waals surface area contributed by atoms with Gasteiger partial charge in [0, 0.05) is 16.7 Å². The molecule has 0 atom stereocenters. The van der Waals surface area contributed by atoms with Crippen molar-refractivity contribution in [3.8, 4) is 67.5 Å². The molecule has 0 bridgehead atoms. The first kappa shape index (κ1) is 24.8. The molecule has 0 spiro atoms.